The topological polar surface area (TPSA) is 38.3 Å². The quantitative estimate of drug-likeness (QED) is 0.864. The number of allylic oxidation sites excluding steroid dienone is 3. The predicted octanol–water partition coefficient (Wildman–Crippen LogP) is 3.26. The molecule has 1 aliphatic carbocycles. The van der Waals surface area contributed by atoms with Crippen LogP contribution in [0.25, 0.3) is 0 Å². The number of ether oxygens (including phenoxy) is 1. The van der Waals surface area contributed by atoms with E-state index in [0.717, 1.165) is 30.0 Å². The van der Waals surface area contributed by atoms with Crippen molar-refractivity contribution in [3.05, 3.63) is 48.3 Å². The van der Waals surface area contributed by atoms with Gasteiger partial charge in [-0.2, -0.15) is 0 Å². The minimum atomic E-state index is -0.0726. The van der Waals surface area contributed by atoms with Crippen molar-refractivity contribution in [2.24, 2.45) is 0 Å². The van der Waals surface area contributed by atoms with E-state index >= 15 is 0 Å². The zero-order chi connectivity index (χ0) is 12.1. The summed E-state index contributed by atoms with van der Waals surface area (Å²) in [7, 11) is 0. The standard InChI is InChI=1S/C14H15NO2/c1-11(16)15-12-7-9-14(10-8-12)17-13-5-3-2-4-6-13/h3,5-10H,2,4H2,1H3,(H,15,16). The van der Waals surface area contributed by atoms with Gasteiger partial charge < -0.3 is 10.1 Å². The Balaban J connectivity index is 2.00. The van der Waals surface area contributed by atoms with Crippen molar-refractivity contribution in [2.45, 2.75) is 19.8 Å². The first-order valence-corrected chi connectivity index (χ1v) is 5.66. The second-order valence-electron chi connectivity index (χ2n) is 3.89. The number of anilines is 1. The number of carbonyl (C=O) groups is 1. The first-order valence-electron chi connectivity index (χ1n) is 5.66. The molecule has 1 aromatic carbocycles. The van der Waals surface area contributed by atoms with Gasteiger partial charge in [0.05, 0.1) is 0 Å². The molecule has 88 valence electrons. The zero-order valence-corrected chi connectivity index (χ0v) is 9.77. The zero-order valence-electron chi connectivity index (χ0n) is 9.77. The lowest BCUT2D eigenvalue weighted by molar-refractivity contribution is -0.114. The molecule has 0 saturated carbocycles. The molecule has 0 aromatic heterocycles. The molecule has 1 N–H and O–H groups in total. The van der Waals surface area contributed by atoms with Gasteiger partial charge in [0, 0.05) is 12.6 Å². The van der Waals surface area contributed by atoms with E-state index in [4.69, 9.17) is 4.74 Å². The van der Waals surface area contributed by atoms with Crippen molar-refractivity contribution in [1.29, 1.82) is 0 Å². The minimum absolute atomic E-state index is 0.0726. The molecule has 0 unspecified atom stereocenters. The minimum Gasteiger partial charge on any atom is -0.458 e. The lowest BCUT2D eigenvalue weighted by Gasteiger charge is -2.10. The van der Waals surface area contributed by atoms with Crippen LogP contribution in [-0.2, 0) is 4.79 Å². The molecule has 0 radical (unpaired) electrons. The summed E-state index contributed by atoms with van der Waals surface area (Å²) in [4.78, 5) is 10.9. The van der Waals surface area contributed by atoms with E-state index in [1.54, 1.807) is 0 Å². The molecule has 1 aromatic rings. The molecule has 3 nitrogen and oxygen atoms in total. The highest BCUT2D eigenvalue weighted by Crippen LogP contribution is 2.20. The Bertz CT molecular complexity index is 458. The highest BCUT2D eigenvalue weighted by molar-refractivity contribution is 5.88. The van der Waals surface area contributed by atoms with Gasteiger partial charge in [0.2, 0.25) is 5.91 Å². The molecule has 0 fully saturated rings. The Kier molecular flexibility index (Phi) is 3.60. The lowest BCUT2D eigenvalue weighted by atomic mass is 10.2. The van der Waals surface area contributed by atoms with Crippen LogP contribution >= 0.6 is 0 Å². The summed E-state index contributed by atoms with van der Waals surface area (Å²) >= 11 is 0. The van der Waals surface area contributed by atoms with E-state index in [9.17, 15) is 4.79 Å². The highest BCUT2D eigenvalue weighted by atomic mass is 16.5. The van der Waals surface area contributed by atoms with Crippen molar-refractivity contribution in [2.75, 3.05) is 5.32 Å². The van der Waals surface area contributed by atoms with Gasteiger partial charge in [-0.1, -0.05) is 6.08 Å². The summed E-state index contributed by atoms with van der Waals surface area (Å²) in [5.74, 6) is 1.58. The molecule has 2 rings (SSSR count). The number of hydrogen-bond donors (Lipinski definition) is 1. The van der Waals surface area contributed by atoms with Gasteiger partial charge in [-0.25, -0.2) is 0 Å². The van der Waals surface area contributed by atoms with Gasteiger partial charge in [0.15, 0.2) is 0 Å². The summed E-state index contributed by atoms with van der Waals surface area (Å²) in [6.07, 6.45) is 8.25. The molecule has 0 heterocycles. The van der Waals surface area contributed by atoms with Crippen LogP contribution in [0.1, 0.15) is 19.8 Å². The van der Waals surface area contributed by atoms with E-state index in [2.05, 4.69) is 17.5 Å². The maximum Gasteiger partial charge on any atom is 0.221 e. The fourth-order valence-electron chi connectivity index (χ4n) is 1.61. The Labute approximate surface area is 101 Å². The van der Waals surface area contributed by atoms with Gasteiger partial charge >= 0.3 is 0 Å². The number of amides is 1. The summed E-state index contributed by atoms with van der Waals surface area (Å²) in [5, 5.41) is 2.71. The monoisotopic (exact) mass is 229 g/mol. The van der Waals surface area contributed by atoms with Crippen LogP contribution < -0.4 is 10.1 Å². The number of nitrogens with one attached hydrogen (secondary N) is 1. The third-order valence-electron chi connectivity index (χ3n) is 2.37. The normalized spacial score (nSPS) is 14.1. The van der Waals surface area contributed by atoms with Gasteiger partial charge in [-0.15, -0.1) is 0 Å². The highest BCUT2D eigenvalue weighted by Gasteiger charge is 2.01. The average molecular weight is 229 g/mol. The number of carbonyl (C=O) groups excluding carboxylic acids is 1. The van der Waals surface area contributed by atoms with Crippen molar-refractivity contribution in [3.63, 3.8) is 0 Å². The molecule has 0 bridgehead atoms. The molecule has 1 aliphatic rings. The van der Waals surface area contributed by atoms with E-state index in [0.29, 0.717) is 0 Å². The lowest BCUT2D eigenvalue weighted by Crippen LogP contribution is -2.05. The molecule has 0 atom stereocenters. The third-order valence-corrected chi connectivity index (χ3v) is 2.37. The third kappa shape index (κ3) is 3.48. The Hall–Kier alpha value is -2.03. The molecular weight excluding hydrogens is 214 g/mol. The van der Waals surface area contributed by atoms with Gasteiger partial charge in [0.1, 0.15) is 11.5 Å². The summed E-state index contributed by atoms with van der Waals surface area (Å²) < 4.78 is 5.68. The Morgan fingerprint density at radius 3 is 2.59 bits per heavy atom. The van der Waals surface area contributed by atoms with Crippen LogP contribution in [0, 0.1) is 0 Å². The van der Waals surface area contributed by atoms with Crippen molar-refractivity contribution in [3.8, 4) is 5.75 Å². The second kappa shape index (κ2) is 5.34. The van der Waals surface area contributed by atoms with Crippen LogP contribution in [0.15, 0.2) is 48.3 Å². The van der Waals surface area contributed by atoms with Gasteiger partial charge in [-0.05, 0) is 49.3 Å². The number of benzene rings is 1. The second-order valence-corrected chi connectivity index (χ2v) is 3.89. The number of hydrogen-bond acceptors (Lipinski definition) is 2. The van der Waals surface area contributed by atoms with Crippen LogP contribution in [0.2, 0.25) is 0 Å². The van der Waals surface area contributed by atoms with Gasteiger partial charge in [0.25, 0.3) is 0 Å². The van der Waals surface area contributed by atoms with Crippen molar-refractivity contribution >= 4 is 11.6 Å². The van der Waals surface area contributed by atoms with E-state index in [-0.39, 0.29) is 5.91 Å². The summed E-state index contributed by atoms with van der Waals surface area (Å²) in [6, 6.07) is 7.33. The maximum absolute atomic E-state index is 10.9. The summed E-state index contributed by atoms with van der Waals surface area (Å²) in [6.45, 7) is 1.49. The van der Waals surface area contributed by atoms with Crippen LogP contribution in [0.5, 0.6) is 5.75 Å². The Morgan fingerprint density at radius 1 is 1.24 bits per heavy atom. The smallest absolute Gasteiger partial charge is 0.221 e. The molecule has 3 heteroatoms. The molecule has 0 aliphatic heterocycles. The Morgan fingerprint density at radius 2 is 2.00 bits per heavy atom. The fraction of sp³-hybridized carbons (Fsp3) is 0.214. The predicted molar refractivity (Wildman–Crippen MR) is 67.8 cm³/mol. The summed E-state index contributed by atoms with van der Waals surface area (Å²) in [5.41, 5.74) is 0.776. The van der Waals surface area contributed by atoms with Gasteiger partial charge in [-0.3, -0.25) is 4.79 Å². The average Bonchev–Trinajstić information content (AvgIpc) is 2.32. The first-order chi connectivity index (χ1) is 8.24. The first kappa shape index (κ1) is 11.5. The number of rotatable bonds is 3. The largest absolute Gasteiger partial charge is 0.458 e. The fourth-order valence-corrected chi connectivity index (χ4v) is 1.61. The SMILES string of the molecule is CC(=O)Nc1ccc(OC2=CCCC=C2)cc1. The van der Waals surface area contributed by atoms with Crippen LogP contribution in [0.4, 0.5) is 5.69 Å². The van der Waals surface area contributed by atoms with E-state index in [1.807, 2.05) is 30.3 Å². The molecule has 1 amide bonds. The van der Waals surface area contributed by atoms with E-state index in [1.165, 1.54) is 6.92 Å². The van der Waals surface area contributed by atoms with Crippen molar-refractivity contribution in [1.82, 2.24) is 0 Å². The molecule has 0 spiro atoms. The van der Waals surface area contributed by atoms with Crippen molar-refractivity contribution < 1.29 is 9.53 Å². The van der Waals surface area contributed by atoms with Crippen LogP contribution in [0.3, 0.4) is 0 Å². The molecular formula is C14H15NO2. The molecule has 17 heavy (non-hydrogen) atoms. The van der Waals surface area contributed by atoms with E-state index < -0.39 is 0 Å². The van der Waals surface area contributed by atoms with Crippen LogP contribution in [-0.4, -0.2) is 5.91 Å². The maximum atomic E-state index is 10.9. The molecule has 0 saturated heterocycles.